The molecule has 23 heavy (non-hydrogen) atoms. The van der Waals surface area contributed by atoms with E-state index in [1.807, 2.05) is 13.1 Å². The molecule has 2 heterocycles. The third kappa shape index (κ3) is 2.58. The standard InChI is InChI=1S/C17H21N5O/c1-21(11-16-20-19-15-7-4-10-22(15)16)17(23)18-14-9-8-12-5-2-3-6-13(12)14/h2-3,5-6,14H,4,7-11H2,1H3,(H,18,23). The predicted octanol–water partition coefficient (Wildman–Crippen LogP) is 2.05. The molecule has 1 unspecified atom stereocenters. The van der Waals surface area contributed by atoms with Gasteiger partial charge < -0.3 is 14.8 Å². The van der Waals surface area contributed by atoms with Crippen molar-refractivity contribution in [3.05, 3.63) is 47.0 Å². The van der Waals surface area contributed by atoms with Gasteiger partial charge in [-0.25, -0.2) is 4.79 Å². The third-order valence-corrected chi connectivity index (χ3v) is 4.84. The van der Waals surface area contributed by atoms with Crippen molar-refractivity contribution in [2.75, 3.05) is 7.05 Å². The average molecular weight is 311 g/mol. The fraction of sp³-hybridized carbons (Fsp3) is 0.471. The molecule has 1 N–H and O–H groups in total. The van der Waals surface area contributed by atoms with Gasteiger partial charge in [0.15, 0.2) is 5.82 Å². The van der Waals surface area contributed by atoms with Crippen LogP contribution in [-0.2, 0) is 25.9 Å². The van der Waals surface area contributed by atoms with Gasteiger partial charge in [-0.05, 0) is 30.4 Å². The summed E-state index contributed by atoms with van der Waals surface area (Å²) in [6.45, 7) is 1.45. The molecule has 2 aromatic rings. The Hall–Kier alpha value is -2.37. The summed E-state index contributed by atoms with van der Waals surface area (Å²) in [6.07, 6.45) is 4.11. The number of urea groups is 1. The Morgan fingerprint density at radius 1 is 1.35 bits per heavy atom. The van der Waals surface area contributed by atoms with Gasteiger partial charge in [0.05, 0.1) is 12.6 Å². The number of aromatic nitrogens is 3. The average Bonchev–Trinajstić information content (AvgIpc) is 3.25. The van der Waals surface area contributed by atoms with E-state index in [2.05, 4.69) is 38.3 Å². The van der Waals surface area contributed by atoms with E-state index in [9.17, 15) is 4.79 Å². The molecule has 2 aliphatic rings. The predicted molar refractivity (Wildman–Crippen MR) is 85.8 cm³/mol. The first kappa shape index (κ1) is 14.2. The normalized spacial score (nSPS) is 18.6. The molecular formula is C17H21N5O. The van der Waals surface area contributed by atoms with Crippen molar-refractivity contribution < 1.29 is 4.79 Å². The SMILES string of the molecule is CN(Cc1nnc2n1CCC2)C(=O)NC1CCc2ccccc21. The Kier molecular flexibility index (Phi) is 3.52. The van der Waals surface area contributed by atoms with Crippen molar-refractivity contribution in [1.29, 1.82) is 0 Å². The van der Waals surface area contributed by atoms with Crippen molar-refractivity contribution in [2.45, 2.75) is 44.8 Å². The third-order valence-electron chi connectivity index (χ3n) is 4.84. The van der Waals surface area contributed by atoms with E-state index >= 15 is 0 Å². The maximum Gasteiger partial charge on any atom is 0.318 e. The van der Waals surface area contributed by atoms with Crippen LogP contribution in [0.25, 0.3) is 0 Å². The van der Waals surface area contributed by atoms with Crippen molar-refractivity contribution in [3.8, 4) is 0 Å². The van der Waals surface area contributed by atoms with E-state index in [0.29, 0.717) is 6.54 Å². The van der Waals surface area contributed by atoms with E-state index < -0.39 is 0 Å². The zero-order chi connectivity index (χ0) is 15.8. The molecule has 0 spiro atoms. The highest BCUT2D eigenvalue weighted by Crippen LogP contribution is 2.30. The lowest BCUT2D eigenvalue weighted by Crippen LogP contribution is -2.39. The molecule has 1 atom stereocenters. The summed E-state index contributed by atoms with van der Waals surface area (Å²) < 4.78 is 2.13. The van der Waals surface area contributed by atoms with Crippen molar-refractivity contribution in [2.24, 2.45) is 0 Å². The molecule has 0 radical (unpaired) electrons. The molecule has 2 amide bonds. The highest BCUT2D eigenvalue weighted by molar-refractivity contribution is 5.74. The highest BCUT2D eigenvalue weighted by Gasteiger charge is 2.25. The molecule has 0 saturated carbocycles. The van der Waals surface area contributed by atoms with Crippen LogP contribution < -0.4 is 5.32 Å². The number of nitrogens with one attached hydrogen (secondary N) is 1. The summed E-state index contributed by atoms with van der Waals surface area (Å²) in [7, 11) is 1.81. The van der Waals surface area contributed by atoms with Crippen LogP contribution in [0.1, 0.15) is 41.7 Å². The number of amides is 2. The molecule has 1 aromatic carbocycles. The zero-order valence-electron chi connectivity index (χ0n) is 13.3. The number of carbonyl (C=O) groups excluding carboxylic acids is 1. The lowest BCUT2D eigenvalue weighted by molar-refractivity contribution is 0.201. The van der Waals surface area contributed by atoms with Gasteiger partial charge in [0.2, 0.25) is 0 Å². The quantitative estimate of drug-likeness (QED) is 0.943. The Morgan fingerprint density at radius 3 is 3.13 bits per heavy atom. The van der Waals surface area contributed by atoms with Gasteiger partial charge in [0.25, 0.3) is 0 Å². The van der Waals surface area contributed by atoms with Gasteiger partial charge in [-0.3, -0.25) is 0 Å². The van der Waals surface area contributed by atoms with Gasteiger partial charge in [-0.15, -0.1) is 10.2 Å². The fourth-order valence-electron chi connectivity index (χ4n) is 3.58. The van der Waals surface area contributed by atoms with E-state index in [1.165, 1.54) is 11.1 Å². The molecule has 0 saturated heterocycles. The minimum absolute atomic E-state index is 0.0537. The molecular weight excluding hydrogens is 290 g/mol. The first-order valence-corrected chi connectivity index (χ1v) is 8.23. The molecule has 1 aliphatic heterocycles. The van der Waals surface area contributed by atoms with Gasteiger partial charge >= 0.3 is 6.03 Å². The Bertz CT molecular complexity index is 738. The monoisotopic (exact) mass is 311 g/mol. The largest absolute Gasteiger partial charge is 0.331 e. The fourth-order valence-corrected chi connectivity index (χ4v) is 3.58. The molecule has 1 aromatic heterocycles. The van der Waals surface area contributed by atoms with E-state index in [1.54, 1.807) is 4.90 Å². The van der Waals surface area contributed by atoms with Crippen molar-refractivity contribution in [1.82, 2.24) is 25.0 Å². The second-order valence-electron chi connectivity index (χ2n) is 6.38. The van der Waals surface area contributed by atoms with Crippen LogP contribution in [-0.4, -0.2) is 32.7 Å². The Labute approximate surface area is 135 Å². The smallest absolute Gasteiger partial charge is 0.318 e. The summed E-state index contributed by atoms with van der Waals surface area (Å²) in [4.78, 5) is 14.2. The molecule has 120 valence electrons. The Morgan fingerprint density at radius 2 is 2.22 bits per heavy atom. The van der Waals surface area contributed by atoms with Crippen LogP contribution in [0.5, 0.6) is 0 Å². The van der Waals surface area contributed by atoms with Crippen molar-refractivity contribution >= 4 is 6.03 Å². The Balaban J connectivity index is 1.41. The van der Waals surface area contributed by atoms with Crippen LogP contribution >= 0.6 is 0 Å². The van der Waals surface area contributed by atoms with E-state index in [4.69, 9.17) is 0 Å². The summed E-state index contributed by atoms with van der Waals surface area (Å²) in [6, 6.07) is 8.41. The van der Waals surface area contributed by atoms with Gasteiger partial charge in [0, 0.05) is 20.0 Å². The van der Waals surface area contributed by atoms with E-state index in [-0.39, 0.29) is 12.1 Å². The molecule has 0 bridgehead atoms. The minimum atomic E-state index is -0.0537. The van der Waals surface area contributed by atoms with Crippen LogP contribution in [0.2, 0.25) is 0 Å². The zero-order valence-corrected chi connectivity index (χ0v) is 13.3. The highest BCUT2D eigenvalue weighted by atomic mass is 16.2. The second kappa shape index (κ2) is 5.68. The number of benzene rings is 1. The topological polar surface area (TPSA) is 63.1 Å². The number of rotatable bonds is 3. The van der Waals surface area contributed by atoms with Crippen LogP contribution in [0.3, 0.4) is 0 Å². The second-order valence-corrected chi connectivity index (χ2v) is 6.38. The molecule has 4 rings (SSSR count). The lowest BCUT2D eigenvalue weighted by Gasteiger charge is -2.21. The first-order valence-electron chi connectivity index (χ1n) is 8.23. The lowest BCUT2D eigenvalue weighted by atomic mass is 10.1. The number of hydrogen-bond donors (Lipinski definition) is 1. The van der Waals surface area contributed by atoms with Crippen LogP contribution in [0, 0.1) is 0 Å². The maximum absolute atomic E-state index is 12.5. The van der Waals surface area contributed by atoms with Gasteiger partial charge in [0.1, 0.15) is 5.82 Å². The van der Waals surface area contributed by atoms with Gasteiger partial charge in [-0.1, -0.05) is 24.3 Å². The minimum Gasteiger partial charge on any atom is -0.331 e. The number of fused-ring (bicyclic) bond motifs is 2. The van der Waals surface area contributed by atoms with E-state index in [0.717, 1.165) is 43.9 Å². The number of hydrogen-bond acceptors (Lipinski definition) is 3. The number of carbonyl (C=O) groups is 1. The van der Waals surface area contributed by atoms with Crippen LogP contribution in [0.4, 0.5) is 4.79 Å². The van der Waals surface area contributed by atoms with Gasteiger partial charge in [-0.2, -0.15) is 0 Å². The summed E-state index contributed by atoms with van der Waals surface area (Å²) in [5.41, 5.74) is 2.59. The maximum atomic E-state index is 12.5. The van der Waals surface area contributed by atoms with Crippen molar-refractivity contribution in [3.63, 3.8) is 0 Å². The summed E-state index contributed by atoms with van der Waals surface area (Å²) >= 11 is 0. The first-order chi connectivity index (χ1) is 11.2. The summed E-state index contributed by atoms with van der Waals surface area (Å²) in [5, 5.41) is 11.6. The van der Waals surface area contributed by atoms with Crippen LogP contribution in [0.15, 0.2) is 24.3 Å². The molecule has 0 fully saturated rings. The molecule has 1 aliphatic carbocycles. The number of nitrogens with zero attached hydrogens (tertiary/aromatic N) is 4. The number of aryl methyl sites for hydroxylation is 2. The molecule has 6 nitrogen and oxygen atoms in total. The summed E-state index contributed by atoms with van der Waals surface area (Å²) in [5.74, 6) is 1.92. The molecule has 6 heteroatoms.